The van der Waals surface area contributed by atoms with Gasteiger partial charge in [0.25, 0.3) is 0 Å². The van der Waals surface area contributed by atoms with Crippen LogP contribution in [-0.2, 0) is 0 Å². The lowest BCUT2D eigenvalue weighted by Crippen LogP contribution is -2.18. The van der Waals surface area contributed by atoms with Gasteiger partial charge in [0, 0.05) is 0 Å². The van der Waals surface area contributed by atoms with Gasteiger partial charge in [0.05, 0.1) is 11.6 Å². The molecule has 0 saturated heterocycles. The Labute approximate surface area is 119 Å². The van der Waals surface area contributed by atoms with E-state index >= 15 is 0 Å². The molecule has 2 rings (SSSR count). The molecule has 1 unspecified atom stereocenters. The minimum atomic E-state index is -0.899. The van der Waals surface area contributed by atoms with Crippen LogP contribution in [0.15, 0.2) is 42.5 Å². The fourth-order valence-corrected chi connectivity index (χ4v) is 2.47. The summed E-state index contributed by atoms with van der Waals surface area (Å²) in [6.07, 6.45) is 0. The van der Waals surface area contributed by atoms with E-state index in [1.807, 2.05) is 19.2 Å². The highest BCUT2D eigenvalue weighted by molar-refractivity contribution is 5.87. The van der Waals surface area contributed by atoms with Crippen molar-refractivity contribution in [2.75, 3.05) is 7.05 Å². The number of aromatic carboxylic acids is 1. The third-order valence-electron chi connectivity index (χ3n) is 3.52. The highest BCUT2D eigenvalue weighted by Gasteiger charge is 2.14. The van der Waals surface area contributed by atoms with E-state index in [1.54, 1.807) is 12.1 Å². The molecular formula is C17H19NO2. The molecule has 0 aliphatic rings. The summed E-state index contributed by atoms with van der Waals surface area (Å²) in [4.78, 5) is 10.9. The smallest absolute Gasteiger partial charge is 0.335 e. The van der Waals surface area contributed by atoms with Gasteiger partial charge in [-0.3, -0.25) is 0 Å². The number of rotatable bonds is 4. The van der Waals surface area contributed by atoms with Crippen LogP contribution in [0.3, 0.4) is 0 Å². The summed E-state index contributed by atoms with van der Waals surface area (Å²) in [5, 5.41) is 12.2. The zero-order valence-electron chi connectivity index (χ0n) is 12.0. The monoisotopic (exact) mass is 269 g/mol. The lowest BCUT2D eigenvalue weighted by Gasteiger charge is -2.20. The molecule has 2 aromatic carbocycles. The molecule has 0 saturated carbocycles. The van der Waals surface area contributed by atoms with Crippen molar-refractivity contribution in [3.63, 3.8) is 0 Å². The number of hydrogen-bond acceptors (Lipinski definition) is 2. The van der Waals surface area contributed by atoms with Gasteiger partial charge in [-0.25, -0.2) is 4.79 Å². The van der Waals surface area contributed by atoms with Crippen LogP contribution in [0, 0.1) is 13.8 Å². The van der Waals surface area contributed by atoms with Gasteiger partial charge in [0.15, 0.2) is 0 Å². The van der Waals surface area contributed by atoms with Gasteiger partial charge < -0.3 is 10.4 Å². The second-order valence-electron chi connectivity index (χ2n) is 5.01. The molecule has 2 N–H and O–H groups in total. The van der Waals surface area contributed by atoms with Gasteiger partial charge in [0.2, 0.25) is 0 Å². The first-order valence-corrected chi connectivity index (χ1v) is 6.60. The molecule has 2 aromatic rings. The second-order valence-corrected chi connectivity index (χ2v) is 5.01. The number of carbonyl (C=O) groups is 1. The number of carboxylic acid groups (broad SMARTS) is 1. The topological polar surface area (TPSA) is 49.3 Å². The number of aryl methyl sites for hydroxylation is 2. The van der Waals surface area contributed by atoms with E-state index < -0.39 is 5.97 Å². The quantitative estimate of drug-likeness (QED) is 0.895. The predicted molar refractivity (Wildman–Crippen MR) is 80.2 cm³/mol. The van der Waals surface area contributed by atoms with Crippen molar-refractivity contribution in [2.45, 2.75) is 19.9 Å². The summed E-state index contributed by atoms with van der Waals surface area (Å²) >= 11 is 0. The fraction of sp³-hybridized carbons (Fsp3) is 0.235. The molecular weight excluding hydrogens is 250 g/mol. The molecule has 104 valence electrons. The number of benzene rings is 2. The van der Waals surface area contributed by atoms with Crippen LogP contribution in [0.2, 0.25) is 0 Å². The van der Waals surface area contributed by atoms with E-state index in [2.05, 4.69) is 37.4 Å². The highest BCUT2D eigenvalue weighted by Crippen LogP contribution is 2.25. The minimum absolute atomic E-state index is 0.0680. The molecule has 0 fully saturated rings. The van der Waals surface area contributed by atoms with Crippen molar-refractivity contribution in [1.29, 1.82) is 0 Å². The minimum Gasteiger partial charge on any atom is -0.478 e. The fourth-order valence-electron chi connectivity index (χ4n) is 2.47. The van der Waals surface area contributed by atoms with E-state index in [4.69, 9.17) is 5.11 Å². The largest absolute Gasteiger partial charge is 0.478 e. The van der Waals surface area contributed by atoms with Gasteiger partial charge in [-0.1, -0.05) is 35.9 Å². The van der Waals surface area contributed by atoms with Crippen LogP contribution in [0.25, 0.3) is 0 Å². The molecule has 0 aliphatic carbocycles. The van der Waals surface area contributed by atoms with E-state index in [9.17, 15) is 4.79 Å². The van der Waals surface area contributed by atoms with Gasteiger partial charge in [-0.2, -0.15) is 0 Å². The van der Waals surface area contributed by atoms with Crippen molar-refractivity contribution >= 4 is 5.97 Å². The van der Waals surface area contributed by atoms with Gasteiger partial charge >= 0.3 is 5.97 Å². The summed E-state index contributed by atoms with van der Waals surface area (Å²) in [6.45, 7) is 4.17. The molecule has 0 spiro atoms. The van der Waals surface area contributed by atoms with Crippen molar-refractivity contribution in [1.82, 2.24) is 5.32 Å². The van der Waals surface area contributed by atoms with Gasteiger partial charge in [0.1, 0.15) is 0 Å². The third-order valence-corrected chi connectivity index (χ3v) is 3.52. The highest BCUT2D eigenvalue weighted by atomic mass is 16.4. The van der Waals surface area contributed by atoms with Crippen LogP contribution < -0.4 is 5.32 Å². The van der Waals surface area contributed by atoms with E-state index in [0.717, 1.165) is 5.56 Å². The Morgan fingerprint density at radius 3 is 2.25 bits per heavy atom. The summed E-state index contributed by atoms with van der Waals surface area (Å²) in [5.41, 5.74) is 5.05. The summed E-state index contributed by atoms with van der Waals surface area (Å²) in [6, 6.07) is 13.5. The van der Waals surface area contributed by atoms with Crippen molar-refractivity contribution < 1.29 is 9.90 Å². The molecule has 3 heteroatoms. The number of carboxylic acids is 1. The lowest BCUT2D eigenvalue weighted by atomic mass is 9.93. The Balaban J connectivity index is 2.39. The number of nitrogens with one attached hydrogen (secondary N) is 1. The van der Waals surface area contributed by atoms with Crippen LogP contribution in [-0.4, -0.2) is 18.1 Å². The lowest BCUT2D eigenvalue weighted by molar-refractivity contribution is 0.0697. The Kier molecular flexibility index (Phi) is 4.20. The van der Waals surface area contributed by atoms with E-state index in [1.165, 1.54) is 16.7 Å². The Morgan fingerprint density at radius 2 is 1.75 bits per heavy atom. The first-order chi connectivity index (χ1) is 9.52. The first-order valence-electron chi connectivity index (χ1n) is 6.60. The van der Waals surface area contributed by atoms with E-state index in [0.29, 0.717) is 5.56 Å². The van der Waals surface area contributed by atoms with Gasteiger partial charge in [-0.05, 0) is 49.7 Å². The molecule has 3 nitrogen and oxygen atoms in total. The van der Waals surface area contributed by atoms with Gasteiger partial charge in [-0.15, -0.1) is 0 Å². The van der Waals surface area contributed by atoms with E-state index in [-0.39, 0.29) is 6.04 Å². The van der Waals surface area contributed by atoms with Crippen molar-refractivity contribution in [3.8, 4) is 0 Å². The molecule has 0 aromatic heterocycles. The summed E-state index contributed by atoms with van der Waals surface area (Å²) in [5.74, 6) is -0.899. The molecule has 0 radical (unpaired) electrons. The Morgan fingerprint density at radius 1 is 1.10 bits per heavy atom. The average Bonchev–Trinajstić information content (AvgIpc) is 2.42. The Bertz CT molecular complexity index is 617. The van der Waals surface area contributed by atoms with Crippen LogP contribution in [0.1, 0.15) is 38.7 Å². The maximum atomic E-state index is 10.9. The van der Waals surface area contributed by atoms with Crippen molar-refractivity contribution in [3.05, 3.63) is 70.3 Å². The summed E-state index contributed by atoms with van der Waals surface area (Å²) in [7, 11) is 1.91. The maximum absolute atomic E-state index is 10.9. The normalized spacial score (nSPS) is 12.2. The predicted octanol–water partition coefficient (Wildman–Crippen LogP) is 3.31. The SMILES string of the molecule is CNC(c1ccc(C(=O)O)cc1)c1ccc(C)cc1C. The molecule has 0 bridgehead atoms. The average molecular weight is 269 g/mol. The Hall–Kier alpha value is -2.13. The van der Waals surface area contributed by atoms with Crippen LogP contribution in [0.5, 0.6) is 0 Å². The zero-order chi connectivity index (χ0) is 14.7. The second kappa shape index (κ2) is 5.88. The molecule has 0 amide bonds. The molecule has 1 atom stereocenters. The molecule has 0 aliphatic heterocycles. The standard InChI is InChI=1S/C17H19NO2/c1-11-4-9-15(12(2)10-11)16(18-3)13-5-7-14(8-6-13)17(19)20/h4-10,16,18H,1-3H3,(H,19,20). The first kappa shape index (κ1) is 14.3. The van der Waals surface area contributed by atoms with Crippen molar-refractivity contribution in [2.24, 2.45) is 0 Å². The maximum Gasteiger partial charge on any atom is 0.335 e. The zero-order valence-corrected chi connectivity index (χ0v) is 12.0. The summed E-state index contributed by atoms with van der Waals surface area (Å²) < 4.78 is 0. The van der Waals surface area contributed by atoms with Crippen LogP contribution in [0.4, 0.5) is 0 Å². The third kappa shape index (κ3) is 2.89. The molecule has 20 heavy (non-hydrogen) atoms. The van der Waals surface area contributed by atoms with Crippen LogP contribution >= 0.6 is 0 Å². The number of hydrogen-bond donors (Lipinski definition) is 2. The molecule has 0 heterocycles.